The van der Waals surface area contributed by atoms with Gasteiger partial charge in [0.05, 0.1) is 0 Å². The molecule has 1 heterocycles. The Kier molecular flexibility index (Phi) is 4.02. The summed E-state index contributed by atoms with van der Waals surface area (Å²) in [6.45, 7) is 6.04. The van der Waals surface area contributed by atoms with Gasteiger partial charge in [-0.1, -0.05) is 13.8 Å². The van der Waals surface area contributed by atoms with Gasteiger partial charge >= 0.3 is 0 Å². The average Bonchev–Trinajstić information content (AvgIpc) is 2.15. The first kappa shape index (κ1) is 10.0. The highest BCUT2D eigenvalue weighted by Gasteiger charge is 2.21. The van der Waals surface area contributed by atoms with Gasteiger partial charge in [0.1, 0.15) is 0 Å². The second-order valence-electron chi connectivity index (χ2n) is 4.18. The number of hydrogen-bond donors (Lipinski definition) is 2. The highest BCUT2D eigenvalue weighted by molar-refractivity contribution is 4.78. The Morgan fingerprint density at radius 2 is 2.17 bits per heavy atom. The maximum absolute atomic E-state index is 8.85. The lowest BCUT2D eigenvalue weighted by Gasteiger charge is -2.21. The van der Waals surface area contributed by atoms with Gasteiger partial charge in [-0.05, 0) is 37.6 Å². The van der Waals surface area contributed by atoms with E-state index in [0.29, 0.717) is 12.6 Å². The van der Waals surface area contributed by atoms with Crippen LogP contribution >= 0.6 is 0 Å². The quantitative estimate of drug-likeness (QED) is 0.658. The van der Waals surface area contributed by atoms with Crippen LogP contribution in [-0.2, 0) is 0 Å². The summed E-state index contributed by atoms with van der Waals surface area (Å²) in [6, 6.07) is 0.542. The molecule has 0 aliphatic carbocycles. The van der Waals surface area contributed by atoms with Crippen LogP contribution in [0.5, 0.6) is 0 Å². The summed E-state index contributed by atoms with van der Waals surface area (Å²) in [4.78, 5) is 0. The molecule has 72 valence electrons. The fraction of sp³-hybridized carbons (Fsp3) is 1.00. The summed E-state index contributed by atoms with van der Waals surface area (Å²) in [6.07, 6.45) is 3.50. The summed E-state index contributed by atoms with van der Waals surface area (Å²) >= 11 is 0. The molecule has 0 radical (unpaired) electrons. The van der Waals surface area contributed by atoms with Crippen molar-refractivity contribution in [2.75, 3.05) is 13.2 Å². The standard InChI is InChI=1S/C10H21NO/c1-8-3-5-11-10(4-6-12)9(2)7-8/h8-12H,3-7H2,1-2H3. The molecule has 0 aromatic rings. The second-order valence-corrected chi connectivity index (χ2v) is 4.18. The molecule has 0 saturated carbocycles. The Bertz CT molecular complexity index is 127. The molecule has 1 aliphatic heterocycles. The number of aliphatic hydroxyl groups is 1. The van der Waals surface area contributed by atoms with Crippen molar-refractivity contribution in [3.05, 3.63) is 0 Å². The number of aliphatic hydroxyl groups excluding tert-OH is 1. The summed E-state index contributed by atoms with van der Waals surface area (Å²) in [7, 11) is 0. The molecule has 1 aliphatic rings. The van der Waals surface area contributed by atoms with E-state index in [9.17, 15) is 0 Å². The molecular formula is C10H21NO. The lowest BCUT2D eigenvalue weighted by atomic mass is 9.91. The molecule has 3 unspecified atom stereocenters. The van der Waals surface area contributed by atoms with Crippen LogP contribution in [0.25, 0.3) is 0 Å². The Morgan fingerprint density at radius 3 is 2.83 bits per heavy atom. The topological polar surface area (TPSA) is 32.3 Å². The Balaban J connectivity index is 2.40. The predicted octanol–water partition coefficient (Wildman–Crippen LogP) is 1.39. The number of nitrogens with one attached hydrogen (secondary N) is 1. The minimum Gasteiger partial charge on any atom is -0.396 e. The van der Waals surface area contributed by atoms with Crippen LogP contribution in [0, 0.1) is 11.8 Å². The molecule has 1 saturated heterocycles. The summed E-state index contributed by atoms with van der Waals surface area (Å²) < 4.78 is 0. The van der Waals surface area contributed by atoms with E-state index in [1.54, 1.807) is 0 Å². The van der Waals surface area contributed by atoms with Gasteiger partial charge in [-0.15, -0.1) is 0 Å². The van der Waals surface area contributed by atoms with E-state index in [1.807, 2.05) is 0 Å². The Labute approximate surface area is 75.4 Å². The first-order valence-corrected chi connectivity index (χ1v) is 5.08. The van der Waals surface area contributed by atoms with E-state index in [4.69, 9.17) is 5.11 Å². The SMILES string of the molecule is CC1CCNC(CCO)C(C)C1. The van der Waals surface area contributed by atoms with Crippen LogP contribution < -0.4 is 5.32 Å². The third-order valence-electron chi connectivity index (χ3n) is 2.94. The minimum absolute atomic E-state index is 0.316. The van der Waals surface area contributed by atoms with Crippen molar-refractivity contribution in [1.29, 1.82) is 0 Å². The van der Waals surface area contributed by atoms with Gasteiger partial charge in [0.2, 0.25) is 0 Å². The third-order valence-corrected chi connectivity index (χ3v) is 2.94. The van der Waals surface area contributed by atoms with Gasteiger partial charge in [0.25, 0.3) is 0 Å². The zero-order chi connectivity index (χ0) is 8.97. The molecule has 0 aromatic carbocycles. The first-order chi connectivity index (χ1) is 5.74. The highest BCUT2D eigenvalue weighted by Crippen LogP contribution is 2.22. The van der Waals surface area contributed by atoms with Crippen molar-refractivity contribution in [3.8, 4) is 0 Å². The van der Waals surface area contributed by atoms with Crippen LogP contribution in [0.4, 0.5) is 0 Å². The van der Waals surface area contributed by atoms with Crippen molar-refractivity contribution >= 4 is 0 Å². The Morgan fingerprint density at radius 1 is 1.42 bits per heavy atom. The molecule has 1 fully saturated rings. The lowest BCUT2D eigenvalue weighted by Crippen LogP contribution is -2.34. The van der Waals surface area contributed by atoms with Crippen LogP contribution in [0.1, 0.15) is 33.1 Å². The molecule has 1 rings (SSSR count). The van der Waals surface area contributed by atoms with E-state index < -0.39 is 0 Å². The molecule has 2 heteroatoms. The van der Waals surface area contributed by atoms with Gasteiger partial charge in [0, 0.05) is 12.6 Å². The smallest absolute Gasteiger partial charge is 0.0445 e. The molecule has 12 heavy (non-hydrogen) atoms. The summed E-state index contributed by atoms with van der Waals surface area (Å²) in [5, 5.41) is 12.4. The lowest BCUT2D eigenvalue weighted by molar-refractivity contribution is 0.240. The van der Waals surface area contributed by atoms with E-state index in [0.717, 1.165) is 24.8 Å². The molecule has 2 nitrogen and oxygen atoms in total. The van der Waals surface area contributed by atoms with Gasteiger partial charge in [0.15, 0.2) is 0 Å². The zero-order valence-corrected chi connectivity index (χ0v) is 8.21. The molecule has 2 N–H and O–H groups in total. The van der Waals surface area contributed by atoms with Crippen molar-refractivity contribution in [2.24, 2.45) is 11.8 Å². The maximum atomic E-state index is 8.85. The molecule has 3 atom stereocenters. The van der Waals surface area contributed by atoms with E-state index >= 15 is 0 Å². The van der Waals surface area contributed by atoms with Crippen LogP contribution in [0.2, 0.25) is 0 Å². The number of hydrogen-bond acceptors (Lipinski definition) is 2. The second kappa shape index (κ2) is 4.83. The van der Waals surface area contributed by atoms with Crippen molar-refractivity contribution < 1.29 is 5.11 Å². The molecular weight excluding hydrogens is 150 g/mol. The maximum Gasteiger partial charge on any atom is 0.0445 e. The van der Waals surface area contributed by atoms with E-state index in [1.165, 1.54) is 12.8 Å². The van der Waals surface area contributed by atoms with Crippen LogP contribution in [0.15, 0.2) is 0 Å². The highest BCUT2D eigenvalue weighted by atomic mass is 16.3. The third kappa shape index (κ3) is 2.76. The average molecular weight is 171 g/mol. The van der Waals surface area contributed by atoms with Crippen LogP contribution in [0.3, 0.4) is 0 Å². The van der Waals surface area contributed by atoms with Gasteiger partial charge in [-0.3, -0.25) is 0 Å². The minimum atomic E-state index is 0.316. The monoisotopic (exact) mass is 171 g/mol. The largest absolute Gasteiger partial charge is 0.396 e. The normalized spacial score (nSPS) is 37.8. The number of rotatable bonds is 2. The predicted molar refractivity (Wildman–Crippen MR) is 51.1 cm³/mol. The molecule has 0 spiro atoms. The first-order valence-electron chi connectivity index (χ1n) is 5.08. The van der Waals surface area contributed by atoms with Gasteiger partial charge in [-0.25, -0.2) is 0 Å². The van der Waals surface area contributed by atoms with Crippen molar-refractivity contribution in [1.82, 2.24) is 5.32 Å². The molecule has 0 amide bonds. The van der Waals surface area contributed by atoms with E-state index in [-0.39, 0.29) is 0 Å². The fourth-order valence-corrected chi connectivity index (χ4v) is 2.16. The van der Waals surface area contributed by atoms with Gasteiger partial charge in [-0.2, -0.15) is 0 Å². The summed E-state index contributed by atoms with van der Waals surface area (Å²) in [5.74, 6) is 1.56. The molecule has 0 bridgehead atoms. The fourth-order valence-electron chi connectivity index (χ4n) is 2.16. The van der Waals surface area contributed by atoms with E-state index in [2.05, 4.69) is 19.2 Å². The zero-order valence-electron chi connectivity index (χ0n) is 8.21. The van der Waals surface area contributed by atoms with Gasteiger partial charge < -0.3 is 10.4 Å². The molecule has 0 aromatic heterocycles. The van der Waals surface area contributed by atoms with Crippen LogP contribution in [-0.4, -0.2) is 24.3 Å². The summed E-state index contributed by atoms with van der Waals surface area (Å²) in [5.41, 5.74) is 0. The van der Waals surface area contributed by atoms with Crippen molar-refractivity contribution in [3.63, 3.8) is 0 Å². The van der Waals surface area contributed by atoms with Crippen molar-refractivity contribution in [2.45, 2.75) is 39.2 Å². The Hall–Kier alpha value is -0.0800.